The van der Waals surface area contributed by atoms with Crippen LogP contribution in [-0.2, 0) is 6.54 Å². The molecule has 4 rings (SSSR count). The first-order valence-corrected chi connectivity index (χ1v) is 9.31. The van der Waals surface area contributed by atoms with E-state index in [4.69, 9.17) is 0 Å². The number of aromatic nitrogens is 4. The van der Waals surface area contributed by atoms with Gasteiger partial charge in [-0.3, -0.25) is 4.98 Å². The molecule has 3 aromatic rings. The Morgan fingerprint density at radius 1 is 0.926 bits per heavy atom. The highest BCUT2D eigenvalue weighted by atomic mass is 19.1. The van der Waals surface area contributed by atoms with Gasteiger partial charge >= 0.3 is 5.69 Å². The molecule has 1 fully saturated rings. The lowest BCUT2D eigenvalue weighted by Gasteiger charge is -2.25. The summed E-state index contributed by atoms with van der Waals surface area (Å²) in [5.41, 5.74) is 1.17. The van der Waals surface area contributed by atoms with E-state index in [9.17, 15) is 9.18 Å². The Morgan fingerprint density at radius 3 is 2.33 bits per heavy atom. The minimum absolute atomic E-state index is 0.217. The van der Waals surface area contributed by atoms with E-state index in [1.54, 1.807) is 24.5 Å². The average Bonchev–Trinajstić information content (AvgIpc) is 3.05. The zero-order valence-electron chi connectivity index (χ0n) is 15.1. The summed E-state index contributed by atoms with van der Waals surface area (Å²) in [6.45, 7) is 3.48. The molecule has 0 bridgehead atoms. The van der Waals surface area contributed by atoms with Gasteiger partial charge in [0.1, 0.15) is 5.82 Å². The first kappa shape index (κ1) is 17.6. The van der Waals surface area contributed by atoms with Crippen LogP contribution in [-0.4, -0.2) is 43.9 Å². The molecule has 3 heterocycles. The third kappa shape index (κ3) is 3.83. The molecule has 6 nitrogen and oxygen atoms in total. The molecule has 0 spiro atoms. The Labute approximate surface area is 156 Å². The van der Waals surface area contributed by atoms with E-state index in [1.165, 1.54) is 40.6 Å². The second-order valence-corrected chi connectivity index (χ2v) is 6.78. The van der Waals surface area contributed by atoms with Gasteiger partial charge in [-0.1, -0.05) is 6.42 Å². The van der Waals surface area contributed by atoms with E-state index in [2.05, 4.69) is 15.0 Å². The van der Waals surface area contributed by atoms with Gasteiger partial charge in [-0.25, -0.2) is 18.4 Å². The van der Waals surface area contributed by atoms with Gasteiger partial charge in [-0.2, -0.15) is 0 Å². The zero-order chi connectivity index (χ0) is 18.6. The van der Waals surface area contributed by atoms with Crippen LogP contribution >= 0.6 is 0 Å². The fourth-order valence-corrected chi connectivity index (χ4v) is 3.48. The fraction of sp³-hybridized carbons (Fsp3) is 0.350. The van der Waals surface area contributed by atoms with Gasteiger partial charge in [0.2, 0.25) is 0 Å². The highest BCUT2D eigenvalue weighted by Gasteiger charge is 2.18. The zero-order valence-corrected chi connectivity index (χ0v) is 15.1. The van der Waals surface area contributed by atoms with Crippen molar-refractivity contribution >= 4 is 0 Å². The quantitative estimate of drug-likeness (QED) is 0.696. The van der Waals surface area contributed by atoms with E-state index in [0.29, 0.717) is 18.1 Å². The second kappa shape index (κ2) is 7.84. The molecule has 0 radical (unpaired) electrons. The van der Waals surface area contributed by atoms with E-state index in [0.717, 1.165) is 25.2 Å². The topological polar surface area (TPSA) is 56.0 Å². The van der Waals surface area contributed by atoms with Crippen molar-refractivity contribution in [2.45, 2.75) is 25.8 Å². The molecule has 140 valence electrons. The molecule has 7 heteroatoms. The molecular formula is C20H22FN5O. The number of hydrogen-bond donors (Lipinski definition) is 0. The molecule has 1 aliphatic heterocycles. The van der Waals surface area contributed by atoms with Crippen LogP contribution < -0.4 is 5.69 Å². The van der Waals surface area contributed by atoms with Crippen molar-refractivity contribution in [3.8, 4) is 17.1 Å². The van der Waals surface area contributed by atoms with Crippen molar-refractivity contribution in [2.24, 2.45) is 0 Å². The SMILES string of the molecule is O=c1n(CCN2CCCCC2)nc(-c2ccncc2)n1-c1ccc(F)cc1. The lowest BCUT2D eigenvalue weighted by Crippen LogP contribution is -2.35. The van der Waals surface area contributed by atoms with Crippen molar-refractivity contribution in [2.75, 3.05) is 19.6 Å². The Balaban J connectivity index is 1.70. The predicted octanol–water partition coefficient (Wildman–Crippen LogP) is 2.72. The number of piperidine rings is 1. The molecule has 0 amide bonds. The average molecular weight is 367 g/mol. The molecular weight excluding hydrogens is 345 g/mol. The van der Waals surface area contributed by atoms with Crippen LogP contribution in [0.15, 0.2) is 53.6 Å². The summed E-state index contributed by atoms with van der Waals surface area (Å²) in [5, 5.41) is 4.58. The summed E-state index contributed by atoms with van der Waals surface area (Å²) in [5.74, 6) is 0.197. The monoisotopic (exact) mass is 367 g/mol. The van der Waals surface area contributed by atoms with Crippen LogP contribution in [0.3, 0.4) is 0 Å². The van der Waals surface area contributed by atoms with Crippen molar-refractivity contribution in [1.29, 1.82) is 0 Å². The summed E-state index contributed by atoms with van der Waals surface area (Å²) in [6.07, 6.45) is 7.04. The molecule has 0 atom stereocenters. The van der Waals surface area contributed by atoms with E-state index >= 15 is 0 Å². The number of rotatable bonds is 5. The maximum atomic E-state index is 13.3. The van der Waals surface area contributed by atoms with Crippen LogP contribution in [0.4, 0.5) is 4.39 Å². The standard InChI is InChI=1S/C20H22FN5O/c21-17-4-6-18(7-5-17)26-19(16-8-10-22-11-9-16)23-25(20(26)27)15-14-24-12-2-1-3-13-24/h4-11H,1-3,12-15H2. The predicted molar refractivity (Wildman–Crippen MR) is 101 cm³/mol. The third-order valence-electron chi connectivity index (χ3n) is 4.94. The van der Waals surface area contributed by atoms with Crippen molar-refractivity contribution < 1.29 is 4.39 Å². The van der Waals surface area contributed by atoms with Gasteiger partial charge < -0.3 is 4.90 Å². The number of benzene rings is 1. The summed E-state index contributed by atoms with van der Waals surface area (Å²) in [6, 6.07) is 9.52. The fourth-order valence-electron chi connectivity index (χ4n) is 3.48. The lowest BCUT2D eigenvalue weighted by atomic mass is 10.1. The molecule has 0 aliphatic carbocycles. The first-order chi connectivity index (χ1) is 13.2. The Bertz CT molecular complexity index is 943. The normalized spacial score (nSPS) is 15.1. The number of halogens is 1. The summed E-state index contributed by atoms with van der Waals surface area (Å²) < 4.78 is 16.4. The first-order valence-electron chi connectivity index (χ1n) is 9.31. The third-order valence-corrected chi connectivity index (χ3v) is 4.94. The molecule has 1 aromatic carbocycles. The Morgan fingerprint density at radius 2 is 1.63 bits per heavy atom. The number of nitrogens with zero attached hydrogens (tertiary/aromatic N) is 5. The van der Waals surface area contributed by atoms with Crippen molar-refractivity contribution in [3.63, 3.8) is 0 Å². The summed E-state index contributed by atoms with van der Waals surface area (Å²) in [7, 11) is 0. The maximum Gasteiger partial charge on any atom is 0.350 e. The molecule has 0 saturated carbocycles. The maximum absolute atomic E-state index is 13.3. The minimum Gasteiger partial charge on any atom is -0.301 e. The van der Waals surface area contributed by atoms with Gasteiger partial charge in [0.05, 0.1) is 12.2 Å². The minimum atomic E-state index is -0.338. The highest BCUT2D eigenvalue weighted by Crippen LogP contribution is 2.19. The van der Waals surface area contributed by atoms with Gasteiger partial charge in [0, 0.05) is 24.5 Å². The van der Waals surface area contributed by atoms with Crippen molar-refractivity contribution in [1.82, 2.24) is 24.2 Å². The Kier molecular flexibility index (Phi) is 5.11. The number of hydrogen-bond acceptors (Lipinski definition) is 4. The lowest BCUT2D eigenvalue weighted by molar-refractivity contribution is 0.217. The number of pyridine rings is 1. The molecule has 27 heavy (non-hydrogen) atoms. The van der Waals surface area contributed by atoms with Crippen LogP contribution in [0.1, 0.15) is 19.3 Å². The Hall–Kier alpha value is -2.80. The summed E-state index contributed by atoms with van der Waals surface area (Å²) >= 11 is 0. The van der Waals surface area contributed by atoms with E-state index in [-0.39, 0.29) is 11.5 Å². The van der Waals surface area contributed by atoms with Gasteiger partial charge in [0.25, 0.3) is 0 Å². The molecule has 1 aliphatic rings. The summed E-state index contributed by atoms with van der Waals surface area (Å²) in [4.78, 5) is 19.5. The van der Waals surface area contributed by atoms with E-state index in [1.807, 2.05) is 12.1 Å². The van der Waals surface area contributed by atoms with Crippen LogP contribution in [0, 0.1) is 5.82 Å². The largest absolute Gasteiger partial charge is 0.350 e. The molecule has 0 N–H and O–H groups in total. The highest BCUT2D eigenvalue weighted by molar-refractivity contribution is 5.57. The van der Waals surface area contributed by atoms with Gasteiger partial charge in [-0.15, -0.1) is 5.10 Å². The van der Waals surface area contributed by atoms with Gasteiger partial charge in [0.15, 0.2) is 5.82 Å². The van der Waals surface area contributed by atoms with Crippen LogP contribution in [0.5, 0.6) is 0 Å². The molecule has 0 unspecified atom stereocenters. The number of likely N-dealkylation sites (tertiary alicyclic amines) is 1. The van der Waals surface area contributed by atoms with Gasteiger partial charge in [-0.05, 0) is 62.3 Å². The second-order valence-electron chi connectivity index (χ2n) is 6.78. The van der Waals surface area contributed by atoms with Crippen LogP contribution in [0.25, 0.3) is 17.1 Å². The van der Waals surface area contributed by atoms with Crippen LogP contribution in [0.2, 0.25) is 0 Å². The van der Waals surface area contributed by atoms with E-state index < -0.39 is 0 Å². The molecule has 1 saturated heterocycles. The van der Waals surface area contributed by atoms with Crippen molar-refractivity contribution in [3.05, 3.63) is 65.1 Å². The molecule has 2 aromatic heterocycles. The smallest absolute Gasteiger partial charge is 0.301 e.